The highest BCUT2D eigenvalue weighted by Crippen LogP contribution is 2.32. The van der Waals surface area contributed by atoms with Gasteiger partial charge in [0.1, 0.15) is 0 Å². The van der Waals surface area contributed by atoms with Crippen LogP contribution in [0, 0.1) is 11.8 Å². The number of hydrogen-bond acceptors (Lipinski definition) is 4. The number of carbonyl (C=O) groups is 2. The summed E-state index contributed by atoms with van der Waals surface area (Å²) in [7, 11) is 0. The zero-order valence-electron chi connectivity index (χ0n) is 12.0. The predicted molar refractivity (Wildman–Crippen MR) is 72.7 cm³/mol. The van der Waals surface area contributed by atoms with Gasteiger partial charge in [0.2, 0.25) is 11.8 Å². The SMILES string of the molecule is CCC(CO)(CO)NC(=O)C1CC(=O)N(CC2CC2)C1. The van der Waals surface area contributed by atoms with E-state index in [0.717, 1.165) is 6.54 Å². The van der Waals surface area contributed by atoms with Gasteiger partial charge in [-0.2, -0.15) is 0 Å². The van der Waals surface area contributed by atoms with Crippen LogP contribution < -0.4 is 5.32 Å². The van der Waals surface area contributed by atoms with Crippen molar-refractivity contribution in [3.8, 4) is 0 Å². The van der Waals surface area contributed by atoms with Crippen LogP contribution in [-0.2, 0) is 9.59 Å². The molecule has 1 heterocycles. The number of aliphatic hydroxyl groups is 2. The van der Waals surface area contributed by atoms with Crippen LogP contribution in [0.5, 0.6) is 0 Å². The maximum atomic E-state index is 12.2. The van der Waals surface area contributed by atoms with Gasteiger partial charge in [0.15, 0.2) is 0 Å². The predicted octanol–water partition coefficient (Wildman–Crippen LogP) is -0.505. The molecular formula is C14H24N2O4. The maximum absolute atomic E-state index is 12.2. The highest BCUT2D eigenvalue weighted by atomic mass is 16.3. The van der Waals surface area contributed by atoms with Crippen molar-refractivity contribution in [2.45, 2.75) is 38.1 Å². The second kappa shape index (κ2) is 6.10. The van der Waals surface area contributed by atoms with Crippen LogP contribution in [0.2, 0.25) is 0 Å². The molecule has 2 rings (SSSR count). The van der Waals surface area contributed by atoms with Gasteiger partial charge in [0.25, 0.3) is 0 Å². The molecule has 1 saturated heterocycles. The van der Waals surface area contributed by atoms with Crippen LogP contribution in [-0.4, -0.2) is 58.8 Å². The fourth-order valence-electron chi connectivity index (χ4n) is 2.54. The summed E-state index contributed by atoms with van der Waals surface area (Å²) in [4.78, 5) is 25.9. The first-order chi connectivity index (χ1) is 9.53. The van der Waals surface area contributed by atoms with E-state index < -0.39 is 5.54 Å². The average molecular weight is 284 g/mol. The minimum atomic E-state index is -0.982. The maximum Gasteiger partial charge on any atom is 0.226 e. The summed E-state index contributed by atoms with van der Waals surface area (Å²) in [5.41, 5.74) is -0.982. The Morgan fingerprint density at radius 3 is 2.55 bits per heavy atom. The number of hydrogen-bond donors (Lipinski definition) is 3. The molecule has 0 bridgehead atoms. The van der Waals surface area contributed by atoms with Gasteiger partial charge in [0, 0.05) is 19.5 Å². The number of carbonyl (C=O) groups excluding carboxylic acids is 2. The van der Waals surface area contributed by atoms with Crippen molar-refractivity contribution in [2.24, 2.45) is 11.8 Å². The summed E-state index contributed by atoms with van der Waals surface area (Å²) in [5.74, 6) is 0.0318. The topological polar surface area (TPSA) is 89.9 Å². The lowest BCUT2D eigenvalue weighted by Gasteiger charge is -2.30. The largest absolute Gasteiger partial charge is 0.394 e. The van der Waals surface area contributed by atoms with Crippen LogP contribution in [0.25, 0.3) is 0 Å². The Labute approximate surface area is 119 Å². The van der Waals surface area contributed by atoms with Crippen LogP contribution in [0.3, 0.4) is 0 Å². The van der Waals surface area contributed by atoms with Crippen molar-refractivity contribution in [3.63, 3.8) is 0 Å². The number of rotatable bonds is 7. The fourth-order valence-corrected chi connectivity index (χ4v) is 2.54. The Morgan fingerprint density at radius 2 is 2.05 bits per heavy atom. The zero-order chi connectivity index (χ0) is 14.8. The van der Waals surface area contributed by atoms with Crippen molar-refractivity contribution in [2.75, 3.05) is 26.3 Å². The third kappa shape index (κ3) is 3.30. The molecule has 0 aromatic carbocycles. The third-order valence-corrected chi connectivity index (χ3v) is 4.43. The van der Waals surface area contributed by atoms with Crippen molar-refractivity contribution < 1.29 is 19.8 Å². The number of likely N-dealkylation sites (tertiary alicyclic amines) is 1. The molecule has 20 heavy (non-hydrogen) atoms. The fraction of sp³-hybridized carbons (Fsp3) is 0.857. The lowest BCUT2D eigenvalue weighted by Crippen LogP contribution is -2.55. The Kier molecular flexibility index (Phi) is 4.65. The summed E-state index contributed by atoms with van der Waals surface area (Å²) in [6.07, 6.45) is 3.02. The smallest absolute Gasteiger partial charge is 0.226 e. The van der Waals surface area contributed by atoms with E-state index >= 15 is 0 Å². The zero-order valence-corrected chi connectivity index (χ0v) is 12.0. The van der Waals surface area contributed by atoms with Gasteiger partial charge in [-0.1, -0.05) is 6.92 Å². The standard InChI is InChI=1S/C14H24N2O4/c1-2-14(8-17,9-18)15-13(20)11-5-12(19)16(7-11)6-10-3-4-10/h10-11,17-18H,2-9H2,1H3,(H,15,20). The molecular weight excluding hydrogens is 260 g/mol. The molecule has 0 radical (unpaired) electrons. The third-order valence-electron chi connectivity index (χ3n) is 4.43. The molecule has 1 unspecified atom stereocenters. The Morgan fingerprint density at radius 1 is 1.40 bits per heavy atom. The number of nitrogens with zero attached hydrogens (tertiary/aromatic N) is 1. The van der Waals surface area contributed by atoms with Crippen LogP contribution in [0.15, 0.2) is 0 Å². The number of amides is 2. The van der Waals surface area contributed by atoms with Gasteiger partial charge < -0.3 is 20.4 Å². The van der Waals surface area contributed by atoms with E-state index in [2.05, 4.69) is 5.32 Å². The number of nitrogens with one attached hydrogen (secondary N) is 1. The van der Waals surface area contributed by atoms with Gasteiger partial charge in [-0.25, -0.2) is 0 Å². The molecule has 0 aromatic heterocycles. The van der Waals surface area contributed by atoms with E-state index in [-0.39, 0.29) is 37.4 Å². The normalized spacial score (nSPS) is 23.2. The Balaban J connectivity index is 1.91. The summed E-state index contributed by atoms with van der Waals surface area (Å²) >= 11 is 0. The van der Waals surface area contributed by atoms with E-state index in [9.17, 15) is 19.8 Å². The lowest BCUT2D eigenvalue weighted by molar-refractivity contribution is -0.130. The average Bonchev–Trinajstić information content (AvgIpc) is 3.19. The van der Waals surface area contributed by atoms with Gasteiger partial charge >= 0.3 is 0 Å². The van der Waals surface area contributed by atoms with Crippen molar-refractivity contribution in [1.82, 2.24) is 10.2 Å². The van der Waals surface area contributed by atoms with E-state index in [1.54, 1.807) is 11.8 Å². The highest BCUT2D eigenvalue weighted by Gasteiger charge is 2.39. The van der Waals surface area contributed by atoms with Crippen LogP contribution in [0.1, 0.15) is 32.6 Å². The first-order valence-electron chi connectivity index (χ1n) is 7.35. The molecule has 6 heteroatoms. The molecule has 6 nitrogen and oxygen atoms in total. The van der Waals surface area contributed by atoms with Gasteiger partial charge in [-0.15, -0.1) is 0 Å². The Hall–Kier alpha value is -1.14. The summed E-state index contributed by atoms with van der Waals surface area (Å²) < 4.78 is 0. The van der Waals surface area contributed by atoms with Gasteiger partial charge in [-0.3, -0.25) is 9.59 Å². The van der Waals surface area contributed by atoms with E-state index in [4.69, 9.17) is 0 Å². The lowest BCUT2D eigenvalue weighted by atomic mass is 9.96. The molecule has 1 saturated carbocycles. The quantitative estimate of drug-likeness (QED) is 0.587. The molecule has 1 aliphatic carbocycles. The molecule has 2 aliphatic rings. The second-order valence-corrected chi connectivity index (χ2v) is 6.08. The van der Waals surface area contributed by atoms with Crippen LogP contribution in [0.4, 0.5) is 0 Å². The van der Waals surface area contributed by atoms with E-state index in [0.29, 0.717) is 18.9 Å². The van der Waals surface area contributed by atoms with Crippen molar-refractivity contribution in [1.29, 1.82) is 0 Å². The second-order valence-electron chi connectivity index (χ2n) is 6.08. The molecule has 2 amide bonds. The van der Waals surface area contributed by atoms with Crippen molar-refractivity contribution >= 4 is 11.8 Å². The van der Waals surface area contributed by atoms with E-state index in [1.807, 2.05) is 0 Å². The summed E-state index contributed by atoms with van der Waals surface area (Å²) in [6, 6.07) is 0. The molecule has 3 N–H and O–H groups in total. The monoisotopic (exact) mass is 284 g/mol. The van der Waals surface area contributed by atoms with Gasteiger partial charge in [0.05, 0.1) is 24.7 Å². The van der Waals surface area contributed by atoms with Crippen LogP contribution >= 0.6 is 0 Å². The minimum Gasteiger partial charge on any atom is -0.394 e. The molecule has 114 valence electrons. The molecule has 1 atom stereocenters. The molecule has 1 aliphatic heterocycles. The first kappa shape index (κ1) is 15.3. The summed E-state index contributed by atoms with van der Waals surface area (Å²) in [5, 5.41) is 21.4. The highest BCUT2D eigenvalue weighted by molar-refractivity contribution is 5.89. The number of aliphatic hydroxyl groups excluding tert-OH is 2. The first-order valence-corrected chi connectivity index (χ1v) is 7.35. The van der Waals surface area contributed by atoms with Crippen molar-refractivity contribution in [3.05, 3.63) is 0 Å². The summed E-state index contributed by atoms with van der Waals surface area (Å²) in [6.45, 7) is 2.40. The molecule has 0 spiro atoms. The minimum absolute atomic E-state index is 0.0344. The molecule has 2 fully saturated rings. The molecule has 0 aromatic rings. The Bertz CT molecular complexity index is 369. The van der Waals surface area contributed by atoms with E-state index in [1.165, 1.54) is 12.8 Å². The van der Waals surface area contributed by atoms with Gasteiger partial charge in [-0.05, 0) is 25.2 Å².